The quantitative estimate of drug-likeness (QED) is 0.807. The summed E-state index contributed by atoms with van der Waals surface area (Å²) in [5.74, 6) is 0.747. The van der Waals surface area contributed by atoms with Gasteiger partial charge in [-0.3, -0.25) is 5.10 Å². The summed E-state index contributed by atoms with van der Waals surface area (Å²) in [6.07, 6.45) is 5.39. The minimum atomic E-state index is 0.552. The molecule has 0 amide bonds. The molecule has 0 radical (unpaired) electrons. The van der Waals surface area contributed by atoms with Crippen molar-refractivity contribution in [3.8, 4) is 0 Å². The van der Waals surface area contributed by atoms with E-state index < -0.39 is 0 Å². The Hall–Kier alpha value is -0.870. The zero-order chi connectivity index (χ0) is 12.4. The van der Waals surface area contributed by atoms with Crippen LogP contribution in [0.5, 0.6) is 0 Å². The van der Waals surface area contributed by atoms with Gasteiger partial charge < -0.3 is 10.2 Å². The smallest absolute Gasteiger partial charge is 0.0656 e. The number of hydrogen-bond acceptors (Lipinski definition) is 3. The monoisotopic (exact) mass is 248 g/mol. The maximum atomic E-state index is 4.38. The SMILES string of the molecule is CC(CN1CCCC1)NCc1cc(C2CC2)n[nH]1. The van der Waals surface area contributed by atoms with Gasteiger partial charge in [-0.05, 0) is 51.8 Å². The third-order valence-corrected chi connectivity index (χ3v) is 4.02. The molecule has 1 aliphatic carbocycles. The summed E-state index contributed by atoms with van der Waals surface area (Å²) < 4.78 is 0. The summed E-state index contributed by atoms with van der Waals surface area (Å²) >= 11 is 0. The topological polar surface area (TPSA) is 44.0 Å². The number of aromatic amines is 1. The fourth-order valence-electron chi connectivity index (χ4n) is 2.76. The summed E-state index contributed by atoms with van der Waals surface area (Å²) in [6, 6.07) is 2.78. The second kappa shape index (κ2) is 5.41. The first kappa shape index (κ1) is 12.2. The fourth-order valence-corrected chi connectivity index (χ4v) is 2.76. The van der Waals surface area contributed by atoms with Crippen molar-refractivity contribution in [2.24, 2.45) is 0 Å². The van der Waals surface area contributed by atoms with E-state index in [9.17, 15) is 0 Å². The van der Waals surface area contributed by atoms with Gasteiger partial charge in [0.25, 0.3) is 0 Å². The lowest BCUT2D eigenvalue weighted by Gasteiger charge is -2.20. The standard InChI is InChI=1S/C14H24N4/c1-11(10-18-6-2-3-7-18)15-9-13-8-14(17-16-13)12-4-5-12/h8,11-12,15H,2-7,9-10H2,1H3,(H,16,17). The number of likely N-dealkylation sites (tertiary alicyclic amines) is 1. The second-order valence-corrected chi connectivity index (χ2v) is 5.88. The molecule has 1 aromatic rings. The van der Waals surface area contributed by atoms with Gasteiger partial charge in [-0.25, -0.2) is 0 Å². The highest BCUT2D eigenvalue weighted by molar-refractivity contribution is 5.17. The molecule has 1 unspecified atom stereocenters. The average Bonchev–Trinajstić information content (AvgIpc) is 2.90. The van der Waals surface area contributed by atoms with Gasteiger partial charge in [0.05, 0.1) is 5.69 Å². The molecular formula is C14H24N4. The molecule has 0 spiro atoms. The third-order valence-electron chi connectivity index (χ3n) is 4.02. The predicted octanol–water partition coefficient (Wildman–Crippen LogP) is 1.86. The van der Waals surface area contributed by atoms with Gasteiger partial charge in [0.2, 0.25) is 0 Å². The maximum Gasteiger partial charge on any atom is 0.0656 e. The fraction of sp³-hybridized carbons (Fsp3) is 0.786. The Bertz CT molecular complexity index is 377. The molecule has 2 fully saturated rings. The summed E-state index contributed by atoms with van der Waals surface area (Å²) in [4.78, 5) is 2.56. The van der Waals surface area contributed by atoms with Crippen LogP contribution in [-0.4, -0.2) is 40.8 Å². The van der Waals surface area contributed by atoms with Gasteiger partial charge in [0.1, 0.15) is 0 Å². The first-order valence-electron chi connectivity index (χ1n) is 7.31. The molecule has 1 atom stereocenters. The van der Waals surface area contributed by atoms with E-state index in [4.69, 9.17) is 0 Å². The number of rotatable bonds is 6. The zero-order valence-electron chi connectivity index (χ0n) is 11.3. The van der Waals surface area contributed by atoms with Crippen LogP contribution in [0.2, 0.25) is 0 Å². The highest BCUT2D eigenvalue weighted by Crippen LogP contribution is 2.38. The van der Waals surface area contributed by atoms with Crippen molar-refractivity contribution in [3.05, 3.63) is 17.5 Å². The van der Waals surface area contributed by atoms with Crippen LogP contribution >= 0.6 is 0 Å². The van der Waals surface area contributed by atoms with Crippen molar-refractivity contribution >= 4 is 0 Å². The summed E-state index contributed by atoms with van der Waals surface area (Å²) in [6.45, 7) is 6.92. The lowest BCUT2D eigenvalue weighted by Crippen LogP contribution is -2.37. The predicted molar refractivity (Wildman–Crippen MR) is 72.5 cm³/mol. The van der Waals surface area contributed by atoms with E-state index >= 15 is 0 Å². The minimum absolute atomic E-state index is 0.552. The Morgan fingerprint density at radius 1 is 1.44 bits per heavy atom. The van der Waals surface area contributed by atoms with Gasteiger partial charge in [0.15, 0.2) is 0 Å². The van der Waals surface area contributed by atoms with Gasteiger partial charge >= 0.3 is 0 Å². The lowest BCUT2D eigenvalue weighted by molar-refractivity contribution is 0.298. The highest BCUT2D eigenvalue weighted by Gasteiger charge is 2.26. The van der Waals surface area contributed by atoms with E-state index in [1.54, 1.807) is 0 Å². The first-order chi connectivity index (χ1) is 8.81. The summed E-state index contributed by atoms with van der Waals surface area (Å²) in [5, 5.41) is 11.1. The molecule has 4 nitrogen and oxygen atoms in total. The van der Waals surface area contributed by atoms with E-state index in [0.717, 1.165) is 12.5 Å². The van der Waals surface area contributed by atoms with E-state index in [-0.39, 0.29) is 0 Å². The van der Waals surface area contributed by atoms with Crippen molar-refractivity contribution in [1.82, 2.24) is 20.4 Å². The Balaban J connectivity index is 1.41. The molecule has 1 saturated carbocycles. The molecule has 3 rings (SSSR count). The second-order valence-electron chi connectivity index (χ2n) is 5.88. The molecule has 0 aromatic carbocycles. The van der Waals surface area contributed by atoms with Crippen LogP contribution in [0.15, 0.2) is 6.07 Å². The number of nitrogens with one attached hydrogen (secondary N) is 2. The number of aromatic nitrogens is 2. The van der Waals surface area contributed by atoms with Crippen LogP contribution in [-0.2, 0) is 6.54 Å². The van der Waals surface area contributed by atoms with Gasteiger partial charge in [-0.1, -0.05) is 0 Å². The first-order valence-corrected chi connectivity index (χ1v) is 7.31. The molecule has 2 aliphatic rings. The molecule has 1 aliphatic heterocycles. The minimum Gasteiger partial charge on any atom is -0.307 e. The Labute approximate surface area is 109 Å². The van der Waals surface area contributed by atoms with E-state index in [2.05, 4.69) is 33.4 Å². The number of hydrogen-bond donors (Lipinski definition) is 2. The van der Waals surface area contributed by atoms with Crippen molar-refractivity contribution < 1.29 is 0 Å². The van der Waals surface area contributed by atoms with Crippen LogP contribution in [0.4, 0.5) is 0 Å². The zero-order valence-corrected chi connectivity index (χ0v) is 11.3. The Morgan fingerprint density at radius 2 is 2.22 bits per heavy atom. The molecule has 4 heteroatoms. The molecule has 18 heavy (non-hydrogen) atoms. The molecule has 0 bridgehead atoms. The van der Waals surface area contributed by atoms with Crippen LogP contribution in [0.3, 0.4) is 0 Å². The van der Waals surface area contributed by atoms with Crippen molar-refractivity contribution in [2.45, 2.75) is 51.1 Å². The maximum absolute atomic E-state index is 4.38. The average molecular weight is 248 g/mol. The van der Waals surface area contributed by atoms with Crippen LogP contribution < -0.4 is 5.32 Å². The van der Waals surface area contributed by atoms with Gasteiger partial charge in [-0.2, -0.15) is 5.10 Å². The molecule has 1 saturated heterocycles. The van der Waals surface area contributed by atoms with Crippen LogP contribution in [0.1, 0.15) is 49.9 Å². The van der Waals surface area contributed by atoms with E-state index in [0.29, 0.717) is 6.04 Å². The summed E-state index contributed by atoms with van der Waals surface area (Å²) in [7, 11) is 0. The third kappa shape index (κ3) is 3.12. The molecule has 100 valence electrons. The number of H-pyrrole nitrogens is 1. The van der Waals surface area contributed by atoms with Crippen molar-refractivity contribution in [1.29, 1.82) is 0 Å². The van der Waals surface area contributed by atoms with Gasteiger partial charge in [-0.15, -0.1) is 0 Å². The molecular weight excluding hydrogens is 224 g/mol. The van der Waals surface area contributed by atoms with Gasteiger partial charge in [0, 0.05) is 30.7 Å². The van der Waals surface area contributed by atoms with Crippen molar-refractivity contribution in [2.75, 3.05) is 19.6 Å². The highest BCUT2D eigenvalue weighted by atomic mass is 15.2. The number of nitrogens with zero attached hydrogens (tertiary/aromatic N) is 2. The van der Waals surface area contributed by atoms with Crippen molar-refractivity contribution in [3.63, 3.8) is 0 Å². The van der Waals surface area contributed by atoms with Crippen LogP contribution in [0, 0.1) is 0 Å². The molecule has 1 aromatic heterocycles. The Kier molecular flexibility index (Phi) is 3.66. The largest absolute Gasteiger partial charge is 0.307 e. The normalized spacial score (nSPS) is 22.5. The molecule has 2 N–H and O–H groups in total. The van der Waals surface area contributed by atoms with Crippen LogP contribution in [0.25, 0.3) is 0 Å². The Morgan fingerprint density at radius 3 is 2.94 bits per heavy atom. The lowest BCUT2D eigenvalue weighted by atomic mass is 10.2. The summed E-state index contributed by atoms with van der Waals surface area (Å²) in [5.41, 5.74) is 2.49. The molecule has 2 heterocycles. The van der Waals surface area contributed by atoms with E-state index in [1.165, 1.54) is 56.7 Å². The van der Waals surface area contributed by atoms with E-state index in [1.807, 2.05) is 0 Å².